The number of benzene rings is 1. The number of carbonyl (C=O) groups excluding carboxylic acids is 1. The van der Waals surface area contributed by atoms with Crippen molar-refractivity contribution in [1.82, 2.24) is 14.8 Å². The fourth-order valence-corrected chi connectivity index (χ4v) is 3.92. The Morgan fingerprint density at radius 1 is 1.24 bits per heavy atom. The molecule has 2 saturated carbocycles. The SMILES string of the molecule is Cn1ccc2ccc(NC(=O)NC3CC(N(CC(=O)O)CC4CC4)C3)cc2c1=O. The first-order chi connectivity index (χ1) is 13.9. The summed E-state index contributed by atoms with van der Waals surface area (Å²) in [6.45, 7) is 0.897. The lowest BCUT2D eigenvalue weighted by atomic mass is 9.85. The molecule has 1 heterocycles. The molecule has 4 rings (SSSR count). The van der Waals surface area contributed by atoms with Gasteiger partial charge in [0.15, 0.2) is 0 Å². The van der Waals surface area contributed by atoms with Gasteiger partial charge in [-0.25, -0.2) is 4.79 Å². The van der Waals surface area contributed by atoms with E-state index in [-0.39, 0.29) is 30.2 Å². The molecule has 2 amide bonds. The summed E-state index contributed by atoms with van der Waals surface area (Å²) in [5.41, 5.74) is 0.456. The second kappa shape index (κ2) is 7.87. The Balaban J connectivity index is 1.31. The van der Waals surface area contributed by atoms with Crippen molar-refractivity contribution >= 4 is 28.5 Å². The molecule has 1 aromatic heterocycles. The van der Waals surface area contributed by atoms with E-state index in [1.54, 1.807) is 25.4 Å². The van der Waals surface area contributed by atoms with Crippen LogP contribution in [0.2, 0.25) is 0 Å². The van der Waals surface area contributed by atoms with Crippen molar-refractivity contribution in [3.05, 3.63) is 40.8 Å². The average molecular weight is 398 g/mol. The monoisotopic (exact) mass is 398 g/mol. The summed E-state index contributed by atoms with van der Waals surface area (Å²) >= 11 is 0. The standard InChI is InChI=1S/C21H26N4O4/c1-24-7-6-14-4-5-15(10-18(14)20(24)28)22-21(29)23-16-8-17(9-16)25(12-19(26)27)11-13-2-3-13/h4-7,10,13,16-17H,2-3,8-9,11-12H2,1H3,(H,26,27)(H2,22,23,29). The van der Waals surface area contributed by atoms with Gasteiger partial charge in [-0.3, -0.25) is 14.5 Å². The van der Waals surface area contributed by atoms with Crippen LogP contribution in [-0.4, -0.2) is 51.7 Å². The number of carboxylic acids is 1. The summed E-state index contributed by atoms with van der Waals surface area (Å²) in [5.74, 6) is -0.174. The smallest absolute Gasteiger partial charge is 0.319 e. The van der Waals surface area contributed by atoms with E-state index in [9.17, 15) is 14.4 Å². The number of nitrogens with zero attached hydrogens (tertiary/aromatic N) is 2. The zero-order valence-electron chi connectivity index (χ0n) is 16.4. The number of nitrogens with one attached hydrogen (secondary N) is 2. The quantitative estimate of drug-likeness (QED) is 0.662. The molecule has 0 radical (unpaired) electrons. The number of aryl methyl sites for hydroxylation is 1. The molecule has 2 aromatic rings. The van der Waals surface area contributed by atoms with E-state index in [1.165, 1.54) is 17.4 Å². The van der Waals surface area contributed by atoms with Gasteiger partial charge in [-0.05, 0) is 55.2 Å². The van der Waals surface area contributed by atoms with Gasteiger partial charge in [0.2, 0.25) is 0 Å². The summed E-state index contributed by atoms with van der Waals surface area (Å²) in [6, 6.07) is 7.06. The summed E-state index contributed by atoms with van der Waals surface area (Å²) < 4.78 is 1.51. The number of fused-ring (bicyclic) bond motifs is 1. The largest absolute Gasteiger partial charge is 0.480 e. The van der Waals surface area contributed by atoms with E-state index in [2.05, 4.69) is 10.6 Å². The van der Waals surface area contributed by atoms with Gasteiger partial charge < -0.3 is 20.3 Å². The van der Waals surface area contributed by atoms with E-state index in [0.29, 0.717) is 17.0 Å². The molecular formula is C21H26N4O4. The number of aromatic nitrogens is 1. The topological polar surface area (TPSA) is 104 Å². The number of rotatable bonds is 7. The first-order valence-electron chi connectivity index (χ1n) is 10.0. The maximum atomic E-state index is 12.3. The molecule has 0 unspecified atom stereocenters. The molecule has 2 fully saturated rings. The minimum absolute atomic E-state index is 0.0313. The first-order valence-corrected chi connectivity index (χ1v) is 10.0. The minimum Gasteiger partial charge on any atom is -0.480 e. The Labute approximate surface area is 168 Å². The molecule has 1 aromatic carbocycles. The average Bonchev–Trinajstić information content (AvgIpc) is 3.44. The third kappa shape index (κ3) is 4.59. The predicted octanol–water partition coefficient (Wildman–Crippen LogP) is 1.99. The highest BCUT2D eigenvalue weighted by Gasteiger charge is 2.37. The van der Waals surface area contributed by atoms with E-state index in [4.69, 9.17) is 5.11 Å². The van der Waals surface area contributed by atoms with Gasteiger partial charge in [-0.2, -0.15) is 0 Å². The summed E-state index contributed by atoms with van der Waals surface area (Å²) in [4.78, 5) is 37.7. The van der Waals surface area contributed by atoms with Crippen LogP contribution in [0.1, 0.15) is 25.7 Å². The fourth-order valence-electron chi connectivity index (χ4n) is 3.92. The number of anilines is 1. The molecule has 29 heavy (non-hydrogen) atoms. The van der Waals surface area contributed by atoms with Gasteiger partial charge in [0, 0.05) is 42.9 Å². The Hall–Kier alpha value is -2.87. The molecule has 0 saturated heterocycles. The first kappa shape index (κ1) is 19.4. The van der Waals surface area contributed by atoms with Crippen LogP contribution < -0.4 is 16.2 Å². The normalized spacial score (nSPS) is 21.0. The molecule has 8 heteroatoms. The maximum Gasteiger partial charge on any atom is 0.319 e. The molecule has 0 bridgehead atoms. The van der Waals surface area contributed by atoms with Gasteiger partial charge in [0.05, 0.1) is 6.54 Å². The molecule has 3 N–H and O–H groups in total. The second-order valence-corrected chi connectivity index (χ2v) is 8.22. The molecule has 2 aliphatic carbocycles. The highest BCUT2D eigenvalue weighted by Crippen LogP contribution is 2.33. The lowest BCUT2D eigenvalue weighted by molar-refractivity contribution is -0.139. The lowest BCUT2D eigenvalue weighted by Gasteiger charge is -2.42. The highest BCUT2D eigenvalue weighted by atomic mass is 16.4. The summed E-state index contributed by atoms with van der Waals surface area (Å²) in [5, 5.41) is 16.2. The number of urea groups is 1. The van der Waals surface area contributed by atoms with Crippen LogP contribution in [0.3, 0.4) is 0 Å². The lowest BCUT2D eigenvalue weighted by Crippen LogP contribution is -2.55. The fraction of sp³-hybridized carbons (Fsp3) is 0.476. The number of aliphatic carboxylic acids is 1. The number of carboxylic acid groups (broad SMARTS) is 1. The van der Waals surface area contributed by atoms with E-state index in [1.807, 2.05) is 17.0 Å². The van der Waals surface area contributed by atoms with Crippen LogP contribution in [0.4, 0.5) is 10.5 Å². The van der Waals surface area contributed by atoms with Crippen molar-refractivity contribution in [3.8, 4) is 0 Å². The number of hydrogen-bond donors (Lipinski definition) is 3. The Kier molecular flexibility index (Phi) is 5.27. The van der Waals surface area contributed by atoms with Crippen molar-refractivity contribution in [1.29, 1.82) is 0 Å². The maximum absolute atomic E-state index is 12.3. The molecule has 0 spiro atoms. The number of pyridine rings is 1. The van der Waals surface area contributed by atoms with Gasteiger partial charge >= 0.3 is 12.0 Å². The van der Waals surface area contributed by atoms with E-state index >= 15 is 0 Å². The van der Waals surface area contributed by atoms with Crippen LogP contribution in [0.15, 0.2) is 35.3 Å². The van der Waals surface area contributed by atoms with E-state index < -0.39 is 5.97 Å². The van der Waals surface area contributed by atoms with Gasteiger partial charge in [-0.15, -0.1) is 0 Å². The Morgan fingerprint density at radius 2 is 2.00 bits per heavy atom. The minimum atomic E-state index is -0.803. The molecule has 154 valence electrons. The summed E-state index contributed by atoms with van der Waals surface area (Å²) in [7, 11) is 1.69. The van der Waals surface area contributed by atoms with Crippen molar-refractivity contribution in [2.45, 2.75) is 37.8 Å². The Bertz CT molecular complexity index is 992. The van der Waals surface area contributed by atoms with Crippen LogP contribution in [0.5, 0.6) is 0 Å². The summed E-state index contributed by atoms with van der Waals surface area (Å²) in [6.07, 6.45) is 5.59. The van der Waals surface area contributed by atoms with Gasteiger partial charge in [-0.1, -0.05) is 6.07 Å². The number of amides is 2. The van der Waals surface area contributed by atoms with Crippen LogP contribution in [-0.2, 0) is 11.8 Å². The van der Waals surface area contributed by atoms with Gasteiger partial charge in [0.1, 0.15) is 0 Å². The highest BCUT2D eigenvalue weighted by molar-refractivity contribution is 5.93. The number of hydrogen-bond acceptors (Lipinski definition) is 4. The van der Waals surface area contributed by atoms with Crippen molar-refractivity contribution in [2.24, 2.45) is 13.0 Å². The van der Waals surface area contributed by atoms with Crippen LogP contribution >= 0.6 is 0 Å². The third-order valence-corrected chi connectivity index (χ3v) is 5.83. The zero-order valence-corrected chi connectivity index (χ0v) is 16.4. The van der Waals surface area contributed by atoms with Crippen molar-refractivity contribution in [2.75, 3.05) is 18.4 Å². The van der Waals surface area contributed by atoms with Crippen LogP contribution in [0, 0.1) is 5.92 Å². The van der Waals surface area contributed by atoms with Gasteiger partial charge in [0.25, 0.3) is 5.56 Å². The molecule has 0 aliphatic heterocycles. The Morgan fingerprint density at radius 3 is 2.69 bits per heavy atom. The molecule has 8 nitrogen and oxygen atoms in total. The zero-order chi connectivity index (χ0) is 20.5. The van der Waals surface area contributed by atoms with Crippen molar-refractivity contribution < 1.29 is 14.7 Å². The molecule has 2 aliphatic rings. The van der Waals surface area contributed by atoms with E-state index in [0.717, 1.165) is 24.8 Å². The van der Waals surface area contributed by atoms with Crippen LogP contribution in [0.25, 0.3) is 10.8 Å². The van der Waals surface area contributed by atoms with Crippen molar-refractivity contribution in [3.63, 3.8) is 0 Å². The second-order valence-electron chi connectivity index (χ2n) is 8.22. The third-order valence-electron chi connectivity index (χ3n) is 5.83. The molecular weight excluding hydrogens is 372 g/mol. The molecule has 0 atom stereocenters. The predicted molar refractivity (Wildman–Crippen MR) is 110 cm³/mol. The number of carbonyl (C=O) groups is 2.